The van der Waals surface area contributed by atoms with Crippen molar-refractivity contribution in [3.05, 3.63) is 21.9 Å². The highest BCUT2D eigenvalue weighted by Gasteiger charge is 2.29. The molecule has 0 aromatic carbocycles. The average Bonchev–Trinajstić information content (AvgIpc) is 2.92. The third-order valence-corrected chi connectivity index (χ3v) is 5.15. The molecule has 4 heteroatoms. The molecule has 19 heavy (non-hydrogen) atoms. The van der Waals surface area contributed by atoms with Crippen molar-refractivity contribution >= 4 is 17.2 Å². The van der Waals surface area contributed by atoms with E-state index in [-0.39, 0.29) is 11.8 Å². The predicted molar refractivity (Wildman–Crippen MR) is 80.0 cm³/mol. The summed E-state index contributed by atoms with van der Waals surface area (Å²) in [5.41, 5.74) is 7.14. The molecule has 1 aliphatic carbocycles. The normalized spacial score (nSPS) is 23.3. The maximum absolute atomic E-state index is 12.3. The summed E-state index contributed by atoms with van der Waals surface area (Å²) in [6.45, 7) is 3.46. The minimum absolute atomic E-state index is 0.129. The van der Waals surface area contributed by atoms with Crippen LogP contribution in [-0.2, 0) is 17.8 Å². The second kappa shape index (κ2) is 7.06. The van der Waals surface area contributed by atoms with Gasteiger partial charge in [-0.15, -0.1) is 11.3 Å². The van der Waals surface area contributed by atoms with E-state index in [2.05, 4.69) is 23.7 Å². The SMILES string of the molecule is CCc1ccsc1CNC(=O)C1CCCCC1CN. The van der Waals surface area contributed by atoms with Crippen LogP contribution in [0.2, 0.25) is 0 Å². The molecule has 3 N–H and O–H groups in total. The Bertz CT molecular complexity index is 416. The lowest BCUT2D eigenvalue weighted by molar-refractivity contribution is -0.127. The topological polar surface area (TPSA) is 55.1 Å². The van der Waals surface area contributed by atoms with Gasteiger partial charge in [0.2, 0.25) is 5.91 Å². The molecule has 1 amide bonds. The highest BCUT2D eigenvalue weighted by atomic mass is 32.1. The molecule has 0 radical (unpaired) electrons. The molecule has 1 aromatic rings. The van der Waals surface area contributed by atoms with Crippen molar-refractivity contribution in [3.63, 3.8) is 0 Å². The fourth-order valence-electron chi connectivity index (χ4n) is 2.97. The van der Waals surface area contributed by atoms with Gasteiger partial charge in [0.15, 0.2) is 0 Å². The molecule has 1 saturated carbocycles. The van der Waals surface area contributed by atoms with Crippen molar-refractivity contribution < 1.29 is 4.79 Å². The first kappa shape index (κ1) is 14.5. The van der Waals surface area contributed by atoms with Gasteiger partial charge in [0.1, 0.15) is 0 Å². The third kappa shape index (κ3) is 3.57. The van der Waals surface area contributed by atoms with E-state index in [4.69, 9.17) is 5.73 Å². The molecular weight excluding hydrogens is 256 g/mol. The van der Waals surface area contributed by atoms with Crippen molar-refractivity contribution in [3.8, 4) is 0 Å². The Morgan fingerprint density at radius 2 is 2.26 bits per heavy atom. The molecule has 106 valence electrons. The third-order valence-electron chi connectivity index (χ3n) is 4.19. The molecule has 2 atom stereocenters. The van der Waals surface area contributed by atoms with Gasteiger partial charge >= 0.3 is 0 Å². The van der Waals surface area contributed by atoms with E-state index in [0.717, 1.165) is 25.7 Å². The van der Waals surface area contributed by atoms with Gasteiger partial charge < -0.3 is 11.1 Å². The standard InChI is InChI=1S/C15H24N2OS/c1-2-11-7-8-19-14(11)10-17-15(18)13-6-4-3-5-12(13)9-16/h7-8,12-13H,2-6,9-10,16H2,1H3,(H,17,18). The minimum atomic E-state index is 0.129. The van der Waals surface area contributed by atoms with Crippen LogP contribution in [0, 0.1) is 11.8 Å². The number of carbonyl (C=O) groups excluding carboxylic acids is 1. The zero-order chi connectivity index (χ0) is 13.7. The largest absolute Gasteiger partial charge is 0.351 e. The quantitative estimate of drug-likeness (QED) is 0.871. The zero-order valence-electron chi connectivity index (χ0n) is 11.7. The number of amides is 1. The maximum atomic E-state index is 12.3. The molecule has 0 spiro atoms. The molecule has 1 aromatic heterocycles. The summed E-state index contributed by atoms with van der Waals surface area (Å²) in [5.74, 6) is 0.706. The first-order valence-corrected chi connectivity index (χ1v) is 8.17. The first-order chi connectivity index (χ1) is 9.26. The highest BCUT2D eigenvalue weighted by Crippen LogP contribution is 2.29. The van der Waals surface area contributed by atoms with Gasteiger partial charge in [-0.2, -0.15) is 0 Å². The lowest BCUT2D eigenvalue weighted by atomic mass is 9.79. The molecule has 1 fully saturated rings. The van der Waals surface area contributed by atoms with Crippen LogP contribution in [0.3, 0.4) is 0 Å². The lowest BCUT2D eigenvalue weighted by Gasteiger charge is -2.29. The summed E-state index contributed by atoms with van der Waals surface area (Å²) in [5, 5.41) is 5.21. The molecule has 2 rings (SSSR count). The second-order valence-electron chi connectivity index (χ2n) is 5.33. The summed E-state index contributed by atoms with van der Waals surface area (Å²) in [6, 6.07) is 2.15. The van der Waals surface area contributed by atoms with Crippen LogP contribution in [0.5, 0.6) is 0 Å². The van der Waals surface area contributed by atoms with Crippen LogP contribution in [0.25, 0.3) is 0 Å². The van der Waals surface area contributed by atoms with Crippen LogP contribution >= 0.6 is 11.3 Å². The van der Waals surface area contributed by atoms with Gasteiger partial charge in [0, 0.05) is 10.8 Å². The molecular formula is C15H24N2OS. The number of hydrogen-bond acceptors (Lipinski definition) is 3. The summed E-state index contributed by atoms with van der Waals surface area (Å²) in [6.07, 6.45) is 5.51. The van der Waals surface area contributed by atoms with E-state index in [1.54, 1.807) is 11.3 Å². The Hall–Kier alpha value is -0.870. The van der Waals surface area contributed by atoms with Gasteiger partial charge in [0.25, 0.3) is 0 Å². The molecule has 1 heterocycles. The van der Waals surface area contributed by atoms with E-state index in [1.165, 1.54) is 16.9 Å². The van der Waals surface area contributed by atoms with E-state index in [0.29, 0.717) is 19.0 Å². The van der Waals surface area contributed by atoms with Gasteiger partial charge in [-0.25, -0.2) is 0 Å². The number of rotatable bonds is 5. The fourth-order valence-corrected chi connectivity index (χ4v) is 3.89. The van der Waals surface area contributed by atoms with E-state index in [1.807, 2.05) is 0 Å². The lowest BCUT2D eigenvalue weighted by Crippen LogP contribution is -2.39. The van der Waals surface area contributed by atoms with Gasteiger partial charge in [-0.1, -0.05) is 19.8 Å². The molecule has 1 aliphatic rings. The number of nitrogens with one attached hydrogen (secondary N) is 1. The minimum Gasteiger partial charge on any atom is -0.351 e. The highest BCUT2D eigenvalue weighted by molar-refractivity contribution is 7.10. The van der Waals surface area contributed by atoms with Crippen molar-refractivity contribution in [2.24, 2.45) is 17.6 Å². The monoisotopic (exact) mass is 280 g/mol. The average molecular weight is 280 g/mol. The summed E-state index contributed by atoms with van der Waals surface area (Å²) >= 11 is 1.73. The van der Waals surface area contributed by atoms with Gasteiger partial charge in [-0.05, 0) is 48.7 Å². The molecule has 0 bridgehead atoms. The Morgan fingerprint density at radius 1 is 1.47 bits per heavy atom. The van der Waals surface area contributed by atoms with Crippen molar-refractivity contribution in [1.29, 1.82) is 0 Å². The Kier molecular flexibility index (Phi) is 5.40. The van der Waals surface area contributed by atoms with Crippen LogP contribution in [0.4, 0.5) is 0 Å². The first-order valence-electron chi connectivity index (χ1n) is 7.29. The van der Waals surface area contributed by atoms with Crippen molar-refractivity contribution in [2.45, 2.75) is 45.6 Å². The summed E-state index contributed by atoms with van der Waals surface area (Å²) < 4.78 is 0. The molecule has 2 unspecified atom stereocenters. The van der Waals surface area contributed by atoms with Crippen LogP contribution in [0.1, 0.15) is 43.0 Å². The fraction of sp³-hybridized carbons (Fsp3) is 0.667. The Labute approximate surface area is 119 Å². The number of nitrogens with two attached hydrogens (primary N) is 1. The van der Waals surface area contributed by atoms with Gasteiger partial charge in [-0.3, -0.25) is 4.79 Å². The van der Waals surface area contributed by atoms with Crippen molar-refractivity contribution in [1.82, 2.24) is 5.32 Å². The predicted octanol–water partition coefficient (Wildman–Crippen LogP) is 2.69. The summed E-state index contributed by atoms with van der Waals surface area (Å²) in [7, 11) is 0. The van der Waals surface area contributed by atoms with E-state index in [9.17, 15) is 4.79 Å². The van der Waals surface area contributed by atoms with E-state index >= 15 is 0 Å². The summed E-state index contributed by atoms with van der Waals surface area (Å²) in [4.78, 5) is 13.6. The molecule has 3 nitrogen and oxygen atoms in total. The zero-order valence-corrected chi connectivity index (χ0v) is 12.5. The van der Waals surface area contributed by atoms with Crippen LogP contribution < -0.4 is 11.1 Å². The second-order valence-corrected chi connectivity index (χ2v) is 6.33. The van der Waals surface area contributed by atoms with Crippen LogP contribution in [0.15, 0.2) is 11.4 Å². The van der Waals surface area contributed by atoms with Crippen molar-refractivity contribution in [2.75, 3.05) is 6.54 Å². The van der Waals surface area contributed by atoms with E-state index < -0.39 is 0 Å². The molecule has 0 saturated heterocycles. The number of aryl methyl sites for hydroxylation is 1. The molecule has 0 aliphatic heterocycles. The Morgan fingerprint density at radius 3 is 3.00 bits per heavy atom. The van der Waals surface area contributed by atoms with Gasteiger partial charge in [0.05, 0.1) is 6.54 Å². The Balaban J connectivity index is 1.90. The number of carbonyl (C=O) groups is 1. The number of thiophene rings is 1. The van der Waals surface area contributed by atoms with Crippen LogP contribution in [-0.4, -0.2) is 12.5 Å². The number of hydrogen-bond donors (Lipinski definition) is 2. The maximum Gasteiger partial charge on any atom is 0.223 e. The smallest absolute Gasteiger partial charge is 0.223 e.